The maximum absolute atomic E-state index is 12.5. The molecule has 0 aliphatic heterocycles. The van der Waals surface area contributed by atoms with E-state index >= 15 is 0 Å². The molecule has 0 aromatic heterocycles. The number of nitrogens with zero attached hydrogens (tertiary/aromatic N) is 1. The van der Waals surface area contributed by atoms with Crippen LogP contribution in [0.2, 0.25) is 0 Å². The number of aliphatic carboxylic acids is 1. The summed E-state index contributed by atoms with van der Waals surface area (Å²) in [5.74, 6) is -4.07. The average molecular weight is 253 g/mol. The summed E-state index contributed by atoms with van der Waals surface area (Å²) in [6, 6.07) is 0.0907. The van der Waals surface area contributed by atoms with Crippen LogP contribution in [-0.4, -0.2) is 41.8 Å². The van der Waals surface area contributed by atoms with Gasteiger partial charge in [-0.05, 0) is 19.9 Å². The Hall–Kier alpha value is -0.780. The molecule has 0 saturated heterocycles. The van der Waals surface area contributed by atoms with Crippen molar-refractivity contribution >= 4 is 5.97 Å². The molecule has 1 aliphatic rings. The summed E-state index contributed by atoms with van der Waals surface area (Å²) in [5, 5.41) is 8.61. The van der Waals surface area contributed by atoms with Crippen LogP contribution in [-0.2, 0) is 4.79 Å². The molecule has 0 radical (unpaired) electrons. The molecule has 1 saturated carbocycles. The predicted octanol–water partition coefficient (Wildman–Crippen LogP) is 2.51. The molecule has 0 amide bonds. The maximum atomic E-state index is 12.5. The minimum absolute atomic E-state index is 0.0907. The van der Waals surface area contributed by atoms with Gasteiger partial charge in [0.05, 0.1) is 0 Å². The summed E-state index contributed by atoms with van der Waals surface area (Å²) in [6.07, 6.45) is 0.194. The molecule has 0 aromatic carbocycles. The van der Waals surface area contributed by atoms with Crippen molar-refractivity contribution in [3.05, 3.63) is 0 Å². The van der Waals surface area contributed by atoms with Crippen LogP contribution in [0.1, 0.15) is 32.1 Å². The normalized spacial score (nSPS) is 20.5. The van der Waals surface area contributed by atoms with Crippen molar-refractivity contribution in [1.29, 1.82) is 0 Å². The Morgan fingerprint density at radius 1 is 1.35 bits per heavy atom. The van der Waals surface area contributed by atoms with Crippen molar-refractivity contribution in [2.45, 2.75) is 44.3 Å². The second kappa shape index (κ2) is 5.71. The zero-order valence-electron chi connectivity index (χ0n) is 9.83. The zero-order chi connectivity index (χ0) is 13.1. The third-order valence-electron chi connectivity index (χ3n) is 3.36. The second-order valence-electron chi connectivity index (χ2n) is 4.66. The molecule has 0 bridgehead atoms. The molecular weight excluding hydrogens is 235 g/mol. The van der Waals surface area contributed by atoms with E-state index in [0.717, 1.165) is 32.1 Å². The van der Waals surface area contributed by atoms with E-state index in [2.05, 4.69) is 0 Å². The quantitative estimate of drug-likeness (QED) is 0.837. The van der Waals surface area contributed by atoms with Gasteiger partial charge in [-0.15, -0.1) is 0 Å². The largest absolute Gasteiger partial charge is 0.481 e. The highest BCUT2D eigenvalue weighted by molar-refractivity contribution is 5.71. The Morgan fingerprint density at radius 3 is 2.29 bits per heavy atom. The number of carbonyl (C=O) groups is 1. The van der Waals surface area contributed by atoms with Gasteiger partial charge in [-0.3, -0.25) is 4.79 Å². The van der Waals surface area contributed by atoms with Gasteiger partial charge in [-0.1, -0.05) is 19.3 Å². The fourth-order valence-electron chi connectivity index (χ4n) is 2.28. The van der Waals surface area contributed by atoms with Crippen LogP contribution in [0.25, 0.3) is 0 Å². The van der Waals surface area contributed by atoms with E-state index in [1.807, 2.05) is 0 Å². The van der Waals surface area contributed by atoms with E-state index in [1.54, 1.807) is 11.9 Å². The molecular formula is C11H18F3NO2. The van der Waals surface area contributed by atoms with E-state index < -0.39 is 24.6 Å². The first-order valence-corrected chi connectivity index (χ1v) is 5.82. The van der Waals surface area contributed by atoms with E-state index in [0.29, 0.717) is 0 Å². The van der Waals surface area contributed by atoms with E-state index in [-0.39, 0.29) is 6.04 Å². The molecule has 1 unspecified atom stereocenters. The minimum Gasteiger partial charge on any atom is -0.481 e. The monoisotopic (exact) mass is 253 g/mol. The molecule has 1 fully saturated rings. The molecule has 1 N–H and O–H groups in total. The van der Waals surface area contributed by atoms with Crippen molar-refractivity contribution in [2.24, 2.45) is 5.92 Å². The van der Waals surface area contributed by atoms with Gasteiger partial charge in [0.1, 0.15) is 0 Å². The highest BCUT2D eigenvalue weighted by Crippen LogP contribution is 2.29. The standard InChI is InChI=1S/C11H18F3NO2/c1-15(8-5-3-2-4-6-8)7-9(10(16)17)11(12,13)14/h8-9H,2-7H2,1H3,(H,16,17). The van der Waals surface area contributed by atoms with Gasteiger partial charge in [0, 0.05) is 12.6 Å². The van der Waals surface area contributed by atoms with Gasteiger partial charge >= 0.3 is 12.1 Å². The molecule has 1 atom stereocenters. The van der Waals surface area contributed by atoms with Crippen molar-refractivity contribution < 1.29 is 23.1 Å². The number of hydrogen-bond acceptors (Lipinski definition) is 2. The number of hydrogen-bond donors (Lipinski definition) is 1. The lowest BCUT2D eigenvalue weighted by Gasteiger charge is -2.33. The molecule has 100 valence electrons. The fourth-order valence-corrected chi connectivity index (χ4v) is 2.28. The van der Waals surface area contributed by atoms with Gasteiger partial charge in [0.15, 0.2) is 5.92 Å². The first kappa shape index (κ1) is 14.3. The van der Waals surface area contributed by atoms with Crippen molar-refractivity contribution in [3.63, 3.8) is 0 Å². The summed E-state index contributed by atoms with van der Waals surface area (Å²) < 4.78 is 37.5. The number of halogens is 3. The maximum Gasteiger partial charge on any atom is 0.403 e. The molecule has 0 aromatic rings. The number of alkyl halides is 3. The Morgan fingerprint density at radius 2 is 1.88 bits per heavy atom. The van der Waals surface area contributed by atoms with Crippen molar-refractivity contribution in [1.82, 2.24) is 4.90 Å². The predicted molar refractivity (Wildman–Crippen MR) is 56.7 cm³/mol. The van der Waals surface area contributed by atoms with Gasteiger partial charge in [-0.25, -0.2) is 0 Å². The van der Waals surface area contributed by atoms with Crippen LogP contribution >= 0.6 is 0 Å². The number of carboxylic acid groups (broad SMARTS) is 1. The zero-order valence-corrected chi connectivity index (χ0v) is 9.83. The minimum atomic E-state index is -4.67. The highest BCUT2D eigenvalue weighted by atomic mass is 19.4. The lowest BCUT2D eigenvalue weighted by molar-refractivity contribution is -0.197. The van der Waals surface area contributed by atoms with Gasteiger partial charge < -0.3 is 10.0 Å². The number of carboxylic acids is 1. The third kappa shape index (κ3) is 4.18. The Bertz CT molecular complexity index is 262. The lowest BCUT2D eigenvalue weighted by Crippen LogP contribution is -2.44. The molecule has 1 rings (SSSR count). The van der Waals surface area contributed by atoms with E-state index in [4.69, 9.17) is 5.11 Å². The molecule has 3 nitrogen and oxygen atoms in total. The highest BCUT2D eigenvalue weighted by Gasteiger charge is 2.46. The van der Waals surface area contributed by atoms with Crippen LogP contribution < -0.4 is 0 Å². The Balaban J connectivity index is 2.57. The number of rotatable bonds is 4. The van der Waals surface area contributed by atoms with Gasteiger partial charge in [-0.2, -0.15) is 13.2 Å². The Labute approximate surface area is 98.6 Å². The smallest absolute Gasteiger partial charge is 0.403 e. The van der Waals surface area contributed by atoms with Crippen LogP contribution in [0.15, 0.2) is 0 Å². The second-order valence-corrected chi connectivity index (χ2v) is 4.66. The summed E-state index contributed by atoms with van der Waals surface area (Å²) >= 11 is 0. The summed E-state index contributed by atoms with van der Waals surface area (Å²) in [6.45, 7) is -0.455. The molecule has 0 spiro atoms. The van der Waals surface area contributed by atoms with E-state index in [1.165, 1.54) is 0 Å². The first-order valence-electron chi connectivity index (χ1n) is 5.82. The summed E-state index contributed by atoms with van der Waals surface area (Å²) in [4.78, 5) is 12.2. The van der Waals surface area contributed by atoms with Crippen LogP contribution in [0.3, 0.4) is 0 Å². The van der Waals surface area contributed by atoms with Crippen LogP contribution in [0, 0.1) is 5.92 Å². The Kier molecular flexibility index (Phi) is 4.80. The summed E-state index contributed by atoms with van der Waals surface area (Å²) in [7, 11) is 1.58. The van der Waals surface area contributed by atoms with Crippen LogP contribution in [0.5, 0.6) is 0 Å². The summed E-state index contributed by atoms with van der Waals surface area (Å²) in [5.41, 5.74) is 0. The molecule has 6 heteroatoms. The van der Waals surface area contributed by atoms with Crippen molar-refractivity contribution in [2.75, 3.05) is 13.6 Å². The third-order valence-corrected chi connectivity index (χ3v) is 3.36. The topological polar surface area (TPSA) is 40.5 Å². The lowest BCUT2D eigenvalue weighted by atomic mass is 9.94. The van der Waals surface area contributed by atoms with Crippen LogP contribution in [0.4, 0.5) is 13.2 Å². The SMILES string of the molecule is CN(CC(C(=O)O)C(F)(F)F)C1CCCCC1. The first-order chi connectivity index (χ1) is 7.82. The van der Waals surface area contributed by atoms with Crippen molar-refractivity contribution in [3.8, 4) is 0 Å². The molecule has 0 heterocycles. The van der Waals surface area contributed by atoms with E-state index in [9.17, 15) is 18.0 Å². The molecule has 1 aliphatic carbocycles. The van der Waals surface area contributed by atoms with Gasteiger partial charge in [0.25, 0.3) is 0 Å². The average Bonchev–Trinajstić information content (AvgIpc) is 2.24. The molecule has 17 heavy (non-hydrogen) atoms. The fraction of sp³-hybridized carbons (Fsp3) is 0.909. The van der Waals surface area contributed by atoms with Gasteiger partial charge in [0.2, 0.25) is 0 Å².